The first-order valence-electron chi connectivity index (χ1n) is 7.68. The second-order valence-electron chi connectivity index (χ2n) is 6.02. The lowest BCUT2D eigenvalue weighted by molar-refractivity contribution is 0.237. The van der Waals surface area contributed by atoms with Crippen molar-refractivity contribution >= 4 is 5.82 Å². The lowest BCUT2D eigenvalue weighted by Crippen LogP contribution is -2.30. The summed E-state index contributed by atoms with van der Waals surface area (Å²) in [4.78, 5) is 9.46. The molecule has 0 unspecified atom stereocenters. The third-order valence-electron chi connectivity index (χ3n) is 4.14. The van der Waals surface area contributed by atoms with Crippen molar-refractivity contribution in [3.63, 3.8) is 0 Å². The summed E-state index contributed by atoms with van der Waals surface area (Å²) >= 11 is 0. The lowest BCUT2D eigenvalue weighted by atomic mass is 10.2. The molecule has 1 aliphatic heterocycles. The van der Waals surface area contributed by atoms with Crippen LogP contribution in [0.5, 0.6) is 0 Å². The van der Waals surface area contributed by atoms with Gasteiger partial charge in [-0.2, -0.15) is 0 Å². The molecule has 1 atom stereocenters. The van der Waals surface area contributed by atoms with Crippen molar-refractivity contribution in [1.82, 2.24) is 9.88 Å². The summed E-state index contributed by atoms with van der Waals surface area (Å²) in [6.45, 7) is 13.6. The molecule has 110 valence electrons. The minimum atomic E-state index is 0.520. The number of hydrogen-bond acceptors (Lipinski definition) is 3. The Morgan fingerprint density at radius 2 is 2.30 bits per heavy atom. The molecule has 1 aromatic rings. The van der Waals surface area contributed by atoms with E-state index in [2.05, 4.69) is 54.3 Å². The van der Waals surface area contributed by atoms with Gasteiger partial charge in [0.2, 0.25) is 0 Å². The quantitative estimate of drug-likeness (QED) is 0.740. The van der Waals surface area contributed by atoms with Crippen molar-refractivity contribution < 1.29 is 0 Å². The van der Waals surface area contributed by atoms with E-state index in [1.54, 1.807) is 0 Å². The molecule has 3 nitrogen and oxygen atoms in total. The van der Waals surface area contributed by atoms with Gasteiger partial charge in [-0.15, -0.1) is 6.58 Å². The van der Waals surface area contributed by atoms with Gasteiger partial charge in [0.05, 0.1) is 0 Å². The SMILES string of the molecule is C=CCN(Cc1ccc(N2CCC[C@@H]2C)nc1)C(C)C. The molecule has 0 aromatic carbocycles. The fraction of sp³-hybridized carbons (Fsp3) is 0.588. The van der Waals surface area contributed by atoms with E-state index in [1.165, 1.54) is 18.4 Å². The molecule has 0 saturated carbocycles. The molecule has 1 aromatic heterocycles. The summed E-state index contributed by atoms with van der Waals surface area (Å²) in [5, 5.41) is 0. The largest absolute Gasteiger partial charge is 0.354 e. The molecule has 1 fully saturated rings. The molecule has 0 radical (unpaired) electrons. The minimum Gasteiger partial charge on any atom is -0.354 e. The Morgan fingerprint density at radius 3 is 2.80 bits per heavy atom. The number of nitrogens with zero attached hydrogens (tertiary/aromatic N) is 3. The standard InChI is InChI=1S/C17H27N3/c1-5-10-19(14(2)3)13-16-8-9-17(18-12-16)20-11-6-7-15(20)4/h5,8-9,12,14-15H,1,6-7,10-11,13H2,2-4H3/t15-/m0/s1. The van der Waals surface area contributed by atoms with Gasteiger partial charge in [-0.3, -0.25) is 4.90 Å². The van der Waals surface area contributed by atoms with Crippen LogP contribution in [-0.2, 0) is 6.54 Å². The van der Waals surface area contributed by atoms with Gasteiger partial charge < -0.3 is 4.90 Å². The van der Waals surface area contributed by atoms with Crippen LogP contribution < -0.4 is 4.90 Å². The summed E-state index contributed by atoms with van der Waals surface area (Å²) in [6, 6.07) is 5.53. The van der Waals surface area contributed by atoms with Gasteiger partial charge in [-0.05, 0) is 45.2 Å². The topological polar surface area (TPSA) is 19.4 Å². The normalized spacial score (nSPS) is 19.1. The molecular weight excluding hydrogens is 246 g/mol. The van der Waals surface area contributed by atoms with Gasteiger partial charge in [0.15, 0.2) is 0 Å². The first-order chi connectivity index (χ1) is 9.61. The van der Waals surface area contributed by atoms with Crippen molar-refractivity contribution in [1.29, 1.82) is 0 Å². The maximum absolute atomic E-state index is 4.66. The Bertz CT molecular complexity index is 424. The maximum atomic E-state index is 4.66. The Morgan fingerprint density at radius 1 is 1.50 bits per heavy atom. The number of pyridine rings is 1. The highest BCUT2D eigenvalue weighted by Crippen LogP contribution is 2.23. The highest BCUT2D eigenvalue weighted by molar-refractivity contribution is 5.41. The van der Waals surface area contributed by atoms with Gasteiger partial charge in [0, 0.05) is 37.9 Å². The van der Waals surface area contributed by atoms with Gasteiger partial charge >= 0.3 is 0 Å². The summed E-state index contributed by atoms with van der Waals surface area (Å²) in [6.07, 6.45) is 6.56. The molecular formula is C17H27N3. The first kappa shape index (κ1) is 15.0. The summed E-state index contributed by atoms with van der Waals surface area (Å²) < 4.78 is 0. The molecule has 3 heteroatoms. The van der Waals surface area contributed by atoms with E-state index in [0.29, 0.717) is 12.1 Å². The Hall–Kier alpha value is -1.35. The van der Waals surface area contributed by atoms with Crippen LogP contribution in [0.25, 0.3) is 0 Å². The highest BCUT2D eigenvalue weighted by Gasteiger charge is 2.21. The molecule has 0 amide bonds. The zero-order valence-electron chi connectivity index (χ0n) is 13.0. The monoisotopic (exact) mass is 273 g/mol. The van der Waals surface area contributed by atoms with Crippen LogP contribution in [0.15, 0.2) is 31.0 Å². The molecule has 2 rings (SSSR count). The average Bonchev–Trinajstić information content (AvgIpc) is 2.85. The van der Waals surface area contributed by atoms with Crippen LogP contribution >= 0.6 is 0 Å². The zero-order chi connectivity index (χ0) is 14.5. The van der Waals surface area contributed by atoms with E-state index in [4.69, 9.17) is 0 Å². The molecule has 0 N–H and O–H groups in total. The van der Waals surface area contributed by atoms with E-state index in [1.807, 2.05) is 12.3 Å². The number of hydrogen-bond donors (Lipinski definition) is 0. The first-order valence-corrected chi connectivity index (χ1v) is 7.68. The average molecular weight is 273 g/mol. The van der Waals surface area contributed by atoms with Gasteiger partial charge in [-0.25, -0.2) is 4.98 Å². The lowest BCUT2D eigenvalue weighted by Gasteiger charge is -2.26. The van der Waals surface area contributed by atoms with Gasteiger partial charge in [0.1, 0.15) is 5.82 Å². The number of rotatable bonds is 6. The van der Waals surface area contributed by atoms with Gasteiger partial charge in [0.25, 0.3) is 0 Å². The third kappa shape index (κ3) is 3.60. The Labute approximate surface area is 123 Å². The minimum absolute atomic E-state index is 0.520. The Kier molecular flexibility index (Phi) is 5.18. The second-order valence-corrected chi connectivity index (χ2v) is 6.02. The van der Waals surface area contributed by atoms with Crippen LogP contribution in [0.3, 0.4) is 0 Å². The zero-order valence-corrected chi connectivity index (χ0v) is 13.0. The predicted octanol–water partition coefficient (Wildman–Crippen LogP) is 3.47. The van der Waals surface area contributed by atoms with Crippen molar-refractivity contribution in [2.75, 3.05) is 18.0 Å². The van der Waals surface area contributed by atoms with Crippen molar-refractivity contribution in [2.24, 2.45) is 0 Å². The van der Waals surface area contributed by atoms with Crippen LogP contribution in [0, 0.1) is 0 Å². The summed E-state index contributed by atoms with van der Waals surface area (Å²) in [5.74, 6) is 1.12. The van der Waals surface area contributed by atoms with Crippen molar-refractivity contribution in [3.05, 3.63) is 36.5 Å². The van der Waals surface area contributed by atoms with E-state index in [9.17, 15) is 0 Å². The molecule has 0 aliphatic carbocycles. The van der Waals surface area contributed by atoms with Crippen molar-refractivity contribution in [2.45, 2.75) is 52.2 Å². The fourth-order valence-electron chi connectivity index (χ4n) is 2.81. The predicted molar refractivity (Wildman–Crippen MR) is 86.0 cm³/mol. The van der Waals surface area contributed by atoms with E-state index in [-0.39, 0.29) is 0 Å². The fourth-order valence-corrected chi connectivity index (χ4v) is 2.81. The van der Waals surface area contributed by atoms with E-state index >= 15 is 0 Å². The number of aromatic nitrogens is 1. The molecule has 1 aliphatic rings. The molecule has 0 bridgehead atoms. The highest BCUT2D eigenvalue weighted by atomic mass is 15.2. The smallest absolute Gasteiger partial charge is 0.128 e. The van der Waals surface area contributed by atoms with Crippen LogP contribution in [0.4, 0.5) is 5.82 Å². The van der Waals surface area contributed by atoms with E-state index < -0.39 is 0 Å². The van der Waals surface area contributed by atoms with Crippen LogP contribution in [0.2, 0.25) is 0 Å². The van der Waals surface area contributed by atoms with Crippen LogP contribution in [0.1, 0.15) is 39.2 Å². The van der Waals surface area contributed by atoms with Crippen molar-refractivity contribution in [3.8, 4) is 0 Å². The maximum Gasteiger partial charge on any atom is 0.128 e. The summed E-state index contributed by atoms with van der Waals surface area (Å²) in [5.41, 5.74) is 1.27. The molecule has 20 heavy (non-hydrogen) atoms. The third-order valence-corrected chi connectivity index (χ3v) is 4.14. The van der Waals surface area contributed by atoms with Crippen LogP contribution in [-0.4, -0.2) is 35.1 Å². The summed E-state index contributed by atoms with van der Waals surface area (Å²) in [7, 11) is 0. The number of anilines is 1. The molecule has 0 spiro atoms. The van der Waals surface area contributed by atoms with Gasteiger partial charge in [-0.1, -0.05) is 12.1 Å². The van der Waals surface area contributed by atoms with E-state index in [0.717, 1.165) is 25.5 Å². The second kappa shape index (κ2) is 6.89. The molecule has 2 heterocycles. The molecule has 1 saturated heterocycles. The Balaban J connectivity index is 2.02.